The number of carbonyl (C=O) groups excluding carboxylic acids is 5. The number of hydrogen-bond donors (Lipinski definition) is 2. The molecule has 1 saturated heterocycles. The van der Waals surface area contributed by atoms with Crippen molar-refractivity contribution in [3.8, 4) is 0 Å². The van der Waals surface area contributed by atoms with Crippen LogP contribution in [0.25, 0.3) is 0 Å². The largest absolute Gasteiger partial charge is 0.454 e. The van der Waals surface area contributed by atoms with Gasteiger partial charge in [0.15, 0.2) is 12.4 Å². The Hall–Kier alpha value is -3.23. The van der Waals surface area contributed by atoms with Gasteiger partial charge in [0.1, 0.15) is 12.1 Å². The van der Waals surface area contributed by atoms with E-state index in [9.17, 15) is 24.0 Å². The number of nitrogens with zero attached hydrogens (tertiary/aromatic N) is 1. The van der Waals surface area contributed by atoms with E-state index in [1.54, 1.807) is 0 Å². The molecule has 2 N–H and O–H groups in total. The van der Waals surface area contributed by atoms with Crippen LogP contribution in [0.1, 0.15) is 45.1 Å². The maximum atomic E-state index is 12.9. The summed E-state index contributed by atoms with van der Waals surface area (Å²) < 4.78 is 4.96. The summed E-state index contributed by atoms with van der Waals surface area (Å²) in [6.07, 6.45) is 3.51. The molecule has 2 aliphatic rings. The van der Waals surface area contributed by atoms with Gasteiger partial charge in [-0.1, -0.05) is 50.1 Å². The molecule has 1 aliphatic carbocycles. The highest BCUT2D eigenvalue weighted by molar-refractivity contribution is 6.09. The third-order valence-corrected chi connectivity index (χ3v) is 6.26. The molecule has 1 heterocycles. The monoisotopic (exact) mass is 443 g/mol. The van der Waals surface area contributed by atoms with Crippen molar-refractivity contribution < 1.29 is 28.7 Å². The fraction of sp³-hybridized carbons (Fsp3) is 0.522. The number of ketones is 1. The van der Waals surface area contributed by atoms with E-state index in [-0.39, 0.29) is 11.7 Å². The van der Waals surface area contributed by atoms with Crippen molar-refractivity contribution >= 4 is 29.6 Å². The first-order valence-electron chi connectivity index (χ1n) is 10.9. The van der Waals surface area contributed by atoms with Crippen LogP contribution in [-0.2, 0) is 30.3 Å². The zero-order chi connectivity index (χ0) is 23.3. The van der Waals surface area contributed by atoms with Crippen LogP contribution in [0.15, 0.2) is 30.3 Å². The second-order valence-electron chi connectivity index (χ2n) is 8.52. The average Bonchev–Trinajstić information content (AvgIpc) is 2.99. The Morgan fingerprint density at radius 2 is 1.94 bits per heavy atom. The van der Waals surface area contributed by atoms with Gasteiger partial charge < -0.3 is 15.4 Å². The Kier molecular flexibility index (Phi) is 7.27. The van der Waals surface area contributed by atoms with E-state index < -0.39 is 48.5 Å². The molecule has 1 aromatic rings. The van der Waals surface area contributed by atoms with Gasteiger partial charge in [0, 0.05) is 0 Å². The number of urea groups is 1. The van der Waals surface area contributed by atoms with Gasteiger partial charge in [0.25, 0.3) is 11.8 Å². The van der Waals surface area contributed by atoms with Crippen molar-refractivity contribution in [2.24, 2.45) is 5.92 Å². The smallest absolute Gasteiger partial charge is 0.326 e. The quantitative estimate of drug-likeness (QED) is 0.462. The number of hydrogen-bond acceptors (Lipinski definition) is 6. The molecule has 3 rings (SSSR count). The van der Waals surface area contributed by atoms with Crippen molar-refractivity contribution in [2.75, 3.05) is 13.2 Å². The molecule has 9 nitrogen and oxygen atoms in total. The average molecular weight is 444 g/mol. The van der Waals surface area contributed by atoms with Gasteiger partial charge in [-0.25, -0.2) is 4.79 Å². The molecule has 1 spiro atoms. The Labute approximate surface area is 186 Å². The van der Waals surface area contributed by atoms with Crippen LogP contribution in [-0.4, -0.2) is 59.2 Å². The fourth-order valence-electron chi connectivity index (χ4n) is 4.34. The van der Waals surface area contributed by atoms with Gasteiger partial charge in [-0.2, -0.15) is 0 Å². The molecular weight excluding hydrogens is 414 g/mol. The summed E-state index contributed by atoms with van der Waals surface area (Å²) in [5, 5.41) is 5.32. The lowest BCUT2D eigenvalue weighted by molar-refractivity contribution is -0.151. The third-order valence-electron chi connectivity index (χ3n) is 6.26. The van der Waals surface area contributed by atoms with E-state index in [0.717, 1.165) is 29.7 Å². The molecule has 3 atom stereocenters. The van der Waals surface area contributed by atoms with Gasteiger partial charge in [0.05, 0.1) is 6.04 Å². The molecule has 0 aromatic heterocycles. The molecule has 9 heteroatoms. The van der Waals surface area contributed by atoms with Crippen LogP contribution in [0.5, 0.6) is 0 Å². The lowest BCUT2D eigenvalue weighted by Gasteiger charge is -2.36. The first-order chi connectivity index (χ1) is 15.2. The van der Waals surface area contributed by atoms with Crippen LogP contribution < -0.4 is 10.6 Å². The molecule has 0 unspecified atom stereocenters. The summed E-state index contributed by atoms with van der Waals surface area (Å²) >= 11 is 0. The third kappa shape index (κ3) is 5.15. The normalized spacial score (nSPS) is 23.6. The second kappa shape index (κ2) is 9.93. The zero-order valence-corrected chi connectivity index (χ0v) is 18.4. The van der Waals surface area contributed by atoms with Crippen LogP contribution in [0.2, 0.25) is 0 Å². The first-order valence-corrected chi connectivity index (χ1v) is 10.9. The van der Waals surface area contributed by atoms with E-state index in [2.05, 4.69) is 10.6 Å². The predicted octanol–water partition coefficient (Wildman–Crippen LogP) is 1.35. The fourth-order valence-corrected chi connectivity index (χ4v) is 4.34. The summed E-state index contributed by atoms with van der Waals surface area (Å²) in [4.78, 5) is 62.4. The lowest BCUT2D eigenvalue weighted by Crippen LogP contribution is -2.54. The number of carbonyl (C=O) groups is 5. The molecule has 0 bridgehead atoms. The minimum Gasteiger partial charge on any atom is -0.454 e. The van der Waals surface area contributed by atoms with Gasteiger partial charge in [-0.15, -0.1) is 0 Å². The summed E-state index contributed by atoms with van der Waals surface area (Å²) in [6.45, 7) is 2.12. The number of imide groups is 1. The Morgan fingerprint density at radius 3 is 2.59 bits per heavy atom. The molecule has 32 heavy (non-hydrogen) atoms. The van der Waals surface area contributed by atoms with Crippen molar-refractivity contribution in [1.82, 2.24) is 15.5 Å². The molecular formula is C23H29N3O6. The maximum Gasteiger partial charge on any atom is 0.326 e. The summed E-state index contributed by atoms with van der Waals surface area (Å²) in [6, 6.07) is 7.85. The van der Waals surface area contributed by atoms with Crippen LogP contribution in [0.4, 0.5) is 4.79 Å². The van der Waals surface area contributed by atoms with Crippen molar-refractivity contribution in [2.45, 2.75) is 57.5 Å². The van der Waals surface area contributed by atoms with Crippen molar-refractivity contribution in [3.05, 3.63) is 35.9 Å². The van der Waals surface area contributed by atoms with Crippen LogP contribution in [0.3, 0.4) is 0 Å². The van der Waals surface area contributed by atoms with Crippen LogP contribution in [0, 0.1) is 5.92 Å². The number of rotatable bonds is 8. The Balaban J connectivity index is 1.50. The summed E-state index contributed by atoms with van der Waals surface area (Å²) in [5.74, 6) is -2.17. The van der Waals surface area contributed by atoms with E-state index in [4.69, 9.17) is 4.74 Å². The summed E-state index contributed by atoms with van der Waals surface area (Å²) in [5.41, 5.74) is -0.0755. The minimum absolute atomic E-state index is 0.0207. The molecule has 1 aromatic carbocycles. The molecule has 0 radical (unpaired) electrons. The molecule has 4 amide bonds. The van der Waals surface area contributed by atoms with E-state index in [1.807, 2.05) is 37.3 Å². The highest BCUT2D eigenvalue weighted by Crippen LogP contribution is 2.38. The SMILES string of the molecule is CC(=O)[C@@H](Cc1ccccc1)NC(=O)COC(=O)CN1C(=O)N[C@@]2(CCCC[C@@H]2C)C1=O. The zero-order valence-electron chi connectivity index (χ0n) is 18.4. The molecule has 172 valence electrons. The van der Waals surface area contributed by atoms with Crippen molar-refractivity contribution in [1.29, 1.82) is 0 Å². The highest BCUT2D eigenvalue weighted by atomic mass is 16.5. The second-order valence-corrected chi connectivity index (χ2v) is 8.52. The maximum absolute atomic E-state index is 12.9. The van der Waals surface area contributed by atoms with Gasteiger partial charge >= 0.3 is 12.0 Å². The molecule has 1 aliphatic heterocycles. The number of nitrogens with one attached hydrogen (secondary N) is 2. The molecule has 2 fully saturated rings. The Bertz CT molecular complexity index is 902. The van der Waals surface area contributed by atoms with Gasteiger partial charge in [-0.3, -0.25) is 24.1 Å². The lowest BCUT2D eigenvalue weighted by atomic mass is 9.73. The Morgan fingerprint density at radius 1 is 1.22 bits per heavy atom. The van der Waals surface area contributed by atoms with E-state index >= 15 is 0 Å². The predicted molar refractivity (Wildman–Crippen MR) is 114 cm³/mol. The number of esters is 1. The number of Topliss-reactive ketones (excluding diaryl/α,β-unsaturated/α-hetero) is 1. The standard InChI is InChI=1S/C23H29N3O6/c1-15-8-6-7-11-23(15)21(30)26(22(31)25-23)13-20(29)32-14-19(28)24-18(16(2)27)12-17-9-4-3-5-10-17/h3-5,9-10,15,18H,6-8,11-14H2,1-2H3,(H,24,28)(H,25,31)/t15-,18+,23+/m0/s1. The van der Waals surface area contributed by atoms with E-state index in [0.29, 0.717) is 12.8 Å². The number of amides is 4. The van der Waals surface area contributed by atoms with Crippen molar-refractivity contribution in [3.63, 3.8) is 0 Å². The van der Waals surface area contributed by atoms with Crippen LogP contribution >= 0.6 is 0 Å². The van der Waals surface area contributed by atoms with Gasteiger partial charge in [-0.05, 0) is 37.7 Å². The number of ether oxygens (including phenoxy) is 1. The molecule has 1 saturated carbocycles. The number of benzene rings is 1. The minimum atomic E-state index is -0.959. The topological polar surface area (TPSA) is 122 Å². The highest BCUT2D eigenvalue weighted by Gasteiger charge is 2.55. The van der Waals surface area contributed by atoms with E-state index in [1.165, 1.54) is 6.92 Å². The summed E-state index contributed by atoms with van der Waals surface area (Å²) in [7, 11) is 0. The van der Waals surface area contributed by atoms with Gasteiger partial charge in [0.2, 0.25) is 0 Å². The first kappa shape index (κ1) is 23.4.